The molecule has 2 aromatic rings. The van der Waals surface area contributed by atoms with Gasteiger partial charge < -0.3 is 0 Å². The molecule has 1 atom stereocenters. The van der Waals surface area contributed by atoms with Gasteiger partial charge in [-0.05, 0) is 76.6 Å². The van der Waals surface area contributed by atoms with Crippen molar-refractivity contribution in [3.63, 3.8) is 0 Å². The Kier molecular flexibility index (Phi) is 4.50. The molecule has 0 aliphatic rings. The maximum Gasteiger partial charge on any atom is 0.0656 e. The molecule has 3 heteroatoms. The first-order valence-corrected chi connectivity index (χ1v) is 7.90. The maximum absolute atomic E-state index is 6.45. The molecule has 0 spiro atoms. The molecule has 0 aliphatic carbocycles. The Morgan fingerprint density at radius 3 is 2.59 bits per heavy atom. The SMILES string of the molecule is Cc1ccc(CC(Cl)c2csc(I)c2)cc1C. The summed E-state index contributed by atoms with van der Waals surface area (Å²) in [5.74, 6) is 0. The van der Waals surface area contributed by atoms with Crippen LogP contribution in [0.2, 0.25) is 0 Å². The Morgan fingerprint density at radius 2 is 2.00 bits per heavy atom. The van der Waals surface area contributed by atoms with Gasteiger partial charge in [-0.3, -0.25) is 0 Å². The first kappa shape index (κ1) is 13.4. The van der Waals surface area contributed by atoms with E-state index in [1.165, 1.54) is 25.1 Å². The van der Waals surface area contributed by atoms with Crippen LogP contribution in [0.1, 0.15) is 27.6 Å². The topological polar surface area (TPSA) is 0 Å². The summed E-state index contributed by atoms with van der Waals surface area (Å²) in [7, 11) is 0. The molecule has 0 bridgehead atoms. The van der Waals surface area contributed by atoms with Crippen LogP contribution < -0.4 is 0 Å². The van der Waals surface area contributed by atoms with E-state index in [2.05, 4.69) is 66.1 Å². The molecule has 17 heavy (non-hydrogen) atoms. The molecule has 90 valence electrons. The molecule has 0 saturated carbocycles. The van der Waals surface area contributed by atoms with Crippen molar-refractivity contribution in [1.29, 1.82) is 0 Å². The Labute approximate surface area is 125 Å². The van der Waals surface area contributed by atoms with E-state index in [0.717, 1.165) is 6.42 Å². The van der Waals surface area contributed by atoms with E-state index in [9.17, 15) is 0 Å². The minimum absolute atomic E-state index is 0.0804. The zero-order valence-corrected chi connectivity index (χ0v) is 13.6. The maximum atomic E-state index is 6.45. The second-order valence-electron chi connectivity index (χ2n) is 4.27. The molecular formula is C14H14ClIS. The standard InChI is InChI=1S/C14H14ClIS/c1-9-3-4-11(5-10(9)2)6-13(15)12-7-14(16)17-8-12/h3-5,7-8,13H,6H2,1-2H3. The van der Waals surface area contributed by atoms with Crippen molar-refractivity contribution in [2.24, 2.45) is 0 Å². The molecule has 0 amide bonds. The van der Waals surface area contributed by atoms with Crippen LogP contribution in [0.3, 0.4) is 0 Å². The van der Waals surface area contributed by atoms with Gasteiger partial charge in [0.05, 0.1) is 8.26 Å². The lowest BCUT2D eigenvalue weighted by atomic mass is 10.0. The summed E-state index contributed by atoms with van der Waals surface area (Å²) in [5.41, 5.74) is 5.23. The highest BCUT2D eigenvalue weighted by atomic mass is 127. The summed E-state index contributed by atoms with van der Waals surface area (Å²) in [6.07, 6.45) is 0.898. The van der Waals surface area contributed by atoms with Crippen LogP contribution in [0, 0.1) is 16.7 Å². The van der Waals surface area contributed by atoms with Gasteiger partial charge >= 0.3 is 0 Å². The number of alkyl halides is 1. The Hall–Kier alpha value is -0.0600. The summed E-state index contributed by atoms with van der Waals surface area (Å²) < 4.78 is 1.29. The normalized spacial score (nSPS) is 12.7. The van der Waals surface area contributed by atoms with Crippen LogP contribution >= 0.6 is 45.5 Å². The largest absolute Gasteiger partial charge is 0.137 e. The Morgan fingerprint density at radius 1 is 1.24 bits per heavy atom. The quantitative estimate of drug-likeness (QED) is 0.490. The number of hydrogen-bond acceptors (Lipinski definition) is 1. The fourth-order valence-electron chi connectivity index (χ4n) is 1.74. The van der Waals surface area contributed by atoms with Crippen molar-refractivity contribution in [3.05, 3.63) is 54.8 Å². The fraction of sp³-hybridized carbons (Fsp3) is 0.286. The minimum atomic E-state index is 0.0804. The lowest BCUT2D eigenvalue weighted by Crippen LogP contribution is -1.95. The summed E-state index contributed by atoms with van der Waals surface area (Å²) in [6.45, 7) is 4.29. The van der Waals surface area contributed by atoms with Crippen LogP contribution in [0.15, 0.2) is 29.6 Å². The smallest absolute Gasteiger partial charge is 0.0656 e. The summed E-state index contributed by atoms with van der Waals surface area (Å²) in [5, 5.41) is 2.23. The van der Waals surface area contributed by atoms with Crippen LogP contribution in [0.4, 0.5) is 0 Å². The van der Waals surface area contributed by atoms with Gasteiger partial charge in [0.2, 0.25) is 0 Å². The lowest BCUT2D eigenvalue weighted by molar-refractivity contribution is 0.922. The second-order valence-corrected chi connectivity index (χ2v) is 7.61. The van der Waals surface area contributed by atoms with Crippen molar-refractivity contribution >= 4 is 45.5 Å². The lowest BCUT2D eigenvalue weighted by Gasteiger charge is -2.09. The van der Waals surface area contributed by atoms with Gasteiger partial charge in [-0.2, -0.15) is 0 Å². The molecular weight excluding hydrogens is 363 g/mol. The van der Waals surface area contributed by atoms with Crippen LogP contribution in [-0.4, -0.2) is 0 Å². The zero-order chi connectivity index (χ0) is 12.4. The highest BCUT2D eigenvalue weighted by Gasteiger charge is 2.11. The molecule has 0 radical (unpaired) electrons. The predicted octanol–water partition coefficient (Wildman–Crippen LogP) is 5.49. The van der Waals surface area contributed by atoms with Gasteiger partial charge in [0.1, 0.15) is 0 Å². The van der Waals surface area contributed by atoms with E-state index in [4.69, 9.17) is 11.6 Å². The van der Waals surface area contributed by atoms with Gasteiger partial charge in [0, 0.05) is 0 Å². The number of thiophene rings is 1. The molecule has 1 aromatic carbocycles. The van der Waals surface area contributed by atoms with Crippen molar-refractivity contribution in [2.75, 3.05) is 0 Å². The van der Waals surface area contributed by atoms with Gasteiger partial charge in [-0.15, -0.1) is 22.9 Å². The third kappa shape index (κ3) is 3.46. The predicted molar refractivity (Wildman–Crippen MR) is 85.3 cm³/mol. The van der Waals surface area contributed by atoms with Crippen LogP contribution in [0.25, 0.3) is 0 Å². The number of benzene rings is 1. The van der Waals surface area contributed by atoms with E-state index in [-0.39, 0.29) is 5.38 Å². The van der Waals surface area contributed by atoms with E-state index in [0.29, 0.717) is 0 Å². The van der Waals surface area contributed by atoms with Gasteiger partial charge in [0.25, 0.3) is 0 Å². The number of rotatable bonds is 3. The molecule has 2 rings (SSSR count). The highest BCUT2D eigenvalue weighted by molar-refractivity contribution is 14.1. The summed E-state index contributed by atoms with van der Waals surface area (Å²) >= 11 is 10.5. The molecule has 0 saturated heterocycles. The molecule has 1 aromatic heterocycles. The Bertz CT molecular complexity index is 519. The number of aryl methyl sites for hydroxylation is 2. The summed E-state index contributed by atoms with van der Waals surface area (Å²) in [6, 6.07) is 8.76. The van der Waals surface area contributed by atoms with E-state index in [1.54, 1.807) is 11.3 Å². The third-order valence-electron chi connectivity index (χ3n) is 2.94. The zero-order valence-electron chi connectivity index (χ0n) is 9.84. The molecule has 1 heterocycles. The van der Waals surface area contributed by atoms with Gasteiger partial charge in [-0.25, -0.2) is 0 Å². The van der Waals surface area contributed by atoms with E-state index in [1.807, 2.05) is 0 Å². The first-order chi connectivity index (χ1) is 8.06. The average Bonchev–Trinajstić information content (AvgIpc) is 2.70. The van der Waals surface area contributed by atoms with Crippen LogP contribution in [0.5, 0.6) is 0 Å². The molecule has 0 N–H and O–H groups in total. The fourth-order valence-corrected chi connectivity index (χ4v) is 3.55. The van der Waals surface area contributed by atoms with Crippen molar-refractivity contribution in [3.8, 4) is 0 Å². The van der Waals surface area contributed by atoms with Crippen molar-refractivity contribution in [1.82, 2.24) is 0 Å². The monoisotopic (exact) mass is 376 g/mol. The first-order valence-electron chi connectivity index (χ1n) is 5.50. The number of halogens is 2. The number of hydrogen-bond donors (Lipinski definition) is 0. The summed E-state index contributed by atoms with van der Waals surface area (Å²) in [4.78, 5) is 0. The van der Waals surface area contributed by atoms with Crippen molar-refractivity contribution < 1.29 is 0 Å². The highest BCUT2D eigenvalue weighted by Crippen LogP contribution is 2.30. The Balaban J connectivity index is 2.12. The molecule has 0 fully saturated rings. The van der Waals surface area contributed by atoms with Gasteiger partial charge in [-0.1, -0.05) is 18.2 Å². The van der Waals surface area contributed by atoms with Crippen molar-refractivity contribution in [2.45, 2.75) is 25.6 Å². The van der Waals surface area contributed by atoms with E-state index >= 15 is 0 Å². The van der Waals surface area contributed by atoms with E-state index < -0.39 is 0 Å². The third-order valence-corrected chi connectivity index (χ3v) is 5.15. The average molecular weight is 377 g/mol. The van der Waals surface area contributed by atoms with Gasteiger partial charge in [0.15, 0.2) is 0 Å². The second kappa shape index (κ2) is 5.72. The van der Waals surface area contributed by atoms with Crippen LogP contribution in [-0.2, 0) is 6.42 Å². The molecule has 0 aliphatic heterocycles. The molecule has 0 nitrogen and oxygen atoms in total. The molecule has 1 unspecified atom stereocenters. The minimum Gasteiger partial charge on any atom is -0.137 e.